The van der Waals surface area contributed by atoms with Crippen LogP contribution in [0.25, 0.3) is 0 Å². The Morgan fingerprint density at radius 2 is 1.89 bits per heavy atom. The molecule has 7 aliphatic rings. The quantitative estimate of drug-likeness (QED) is 0.283. The van der Waals surface area contributed by atoms with Gasteiger partial charge < -0.3 is 49.2 Å². The van der Waals surface area contributed by atoms with Crippen molar-refractivity contribution in [1.82, 2.24) is 0 Å². The summed E-state index contributed by atoms with van der Waals surface area (Å²) in [6.45, 7) is 0.569. The zero-order valence-corrected chi connectivity index (χ0v) is 19.3. The van der Waals surface area contributed by atoms with Crippen LogP contribution in [0, 0.1) is 22.7 Å². The van der Waals surface area contributed by atoms with Gasteiger partial charge in [-0.05, 0) is 25.5 Å². The highest BCUT2D eigenvalue weighted by Gasteiger charge is 3.00. The zero-order chi connectivity index (χ0) is 25.7. The molecule has 4 saturated heterocycles. The number of carbonyl (C=O) groups excluding carboxylic acids is 1. The topological polar surface area (TPSA) is 188 Å². The zero-order valence-electron chi connectivity index (χ0n) is 19.3. The maximum absolute atomic E-state index is 12.8. The number of rotatable bonds is 6. The Hall–Kier alpha value is -2.18. The van der Waals surface area contributed by atoms with Crippen molar-refractivity contribution >= 4 is 5.97 Å². The van der Waals surface area contributed by atoms with Crippen molar-refractivity contribution in [3.05, 3.63) is 35.9 Å². The van der Waals surface area contributed by atoms with Gasteiger partial charge in [-0.3, -0.25) is 0 Å². The average molecular weight is 505 g/mol. The third kappa shape index (κ3) is 2.60. The van der Waals surface area contributed by atoms with E-state index in [0.717, 1.165) is 0 Å². The second-order valence-electron chi connectivity index (χ2n) is 10.5. The van der Waals surface area contributed by atoms with Crippen LogP contribution in [0.5, 0.6) is 0 Å². The summed E-state index contributed by atoms with van der Waals surface area (Å²) in [5.74, 6) is -5.14. The third-order valence-corrected chi connectivity index (χ3v) is 8.83. The fourth-order valence-electron chi connectivity index (χ4n) is 7.20. The van der Waals surface area contributed by atoms with Crippen molar-refractivity contribution < 1.29 is 54.0 Å². The molecule has 0 radical (unpaired) electrons. The Morgan fingerprint density at radius 3 is 2.56 bits per heavy atom. The minimum atomic E-state index is -2.03. The molecule has 3 saturated carbocycles. The molecule has 0 aromatic heterocycles. The van der Waals surface area contributed by atoms with Crippen LogP contribution < -0.4 is 0 Å². The first-order valence-corrected chi connectivity index (χ1v) is 11.8. The van der Waals surface area contributed by atoms with Crippen LogP contribution in [0.4, 0.5) is 0 Å². The van der Waals surface area contributed by atoms with Gasteiger partial charge in [0.15, 0.2) is 12.1 Å². The minimum Gasteiger partial charge on any atom is -0.461 e. The maximum atomic E-state index is 12.8. The molecule has 194 valence electrons. The van der Waals surface area contributed by atoms with E-state index < -0.39 is 84.0 Å². The van der Waals surface area contributed by atoms with Crippen molar-refractivity contribution in [3.63, 3.8) is 0 Å². The molecule has 6 unspecified atom stereocenters. The molecule has 12 nitrogen and oxygen atoms in total. The third-order valence-electron chi connectivity index (χ3n) is 8.83. The Bertz CT molecular complexity index is 1130. The molecule has 36 heavy (non-hydrogen) atoms. The first-order valence-electron chi connectivity index (χ1n) is 11.8. The molecule has 4 heterocycles. The average Bonchev–Trinajstić information content (AvgIpc) is 3.03. The number of hydrogen-bond donors (Lipinski definition) is 5. The van der Waals surface area contributed by atoms with E-state index in [0.29, 0.717) is 0 Å². The van der Waals surface area contributed by atoms with Gasteiger partial charge in [-0.1, -0.05) is 18.2 Å². The Labute approximate surface area is 205 Å². The van der Waals surface area contributed by atoms with Gasteiger partial charge in [0.1, 0.15) is 53.7 Å². The first-order chi connectivity index (χ1) is 17.0. The molecule has 5 N–H and O–H groups in total. The fourth-order valence-corrected chi connectivity index (χ4v) is 7.20. The number of aliphatic hydroxyl groups is 5. The van der Waals surface area contributed by atoms with E-state index in [1.165, 1.54) is 0 Å². The predicted octanol–water partition coefficient (Wildman–Crippen LogP) is -1.46. The molecule has 3 aliphatic carbocycles. The van der Waals surface area contributed by atoms with E-state index in [4.69, 9.17) is 23.7 Å². The lowest BCUT2D eigenvalue weighted by molar-refractivity contribution is -0.427. The molecule has 8 rings (SSSR count). The van der Waals surface area contributed by atoms with Gasteiger partial charge in [0.05, 0.1) is 12.2 Å². The number of nitriles is 1. The van der Waals surface area contributed by atoms with Crippen molar-refractivity contribution in [2.24, 2.45) is 11.3 Å². The smallest absolute Gasteiger partial charge is 0.338 e. The summed E-state index contributed by atoms with van der Waals surface area (Å²) in [6.07, 6.45) is -7.69. The fraction of sp³-hybridized carbons (Fsp3) is 0.667. The van der Waals surface area contributed by atoms with E-state index in [1.807, 2.05) is 6.07 Å². The SMILES string of the molecule is C[C@@]12C[C@@]3(O)OC(C#N)(O1)[C@]1(COC(=O)c4ccccc4)[C@@H]3C[C@]12OC1OC(CO)C(O)C(O)C1O. The number of aliphatic hydroxyl groups excluding tert-OH is 4. The predicted molar refractivity (Wildman–Crippen MR) is 113 cm³/mol. The summed E-state index contributed by atoms with van der Waals surface area (Å²) < 4.78 is 29.6. The van der Waals surface area contributed by atoms with Crippen molar-refractivity contribution in [1.29, 1.82) is 5.26 Å². The van der Waals surface area contributed by atoms with Crippen molar-refractivity contribution in [2.45, 2.75) is 73.2 Å². The highest BCUT2D eigenvalue weighted by Crippen LogP contribution is 2.85. The van der Waals surface area contributed by atoms with Gasteiger partial charge in [0.25, 0.3) is 5.79 Å². The maximum Gasteiger partial charge on any atom is 0.338 e. The molecule has 6 bridgehead atoms. The summed E-state index contributed by atoms with van der Waals surface area (Å²) in [5.41, 5.74) is -4.00. The number of nitrogens with zero attached hydrogens (tertiary/aromatic N) is 1. The van der Waals surface area contributed by atoms with E-state index in [-0.39, 0.29) is 18.4 Å². The van der Waals surface area contributed by atoms with Gasteiger partial charge in [-0.25, -0.2) is 4.79 Å². The lowest BCUT2D eigenvalue weighted by Gasteiger charge is -2.67. The highest BCUT2D eigenvalue weighted by atomic mass is 16.8. The number of carbonyl (C=O) groups is 1. The highest BCUT2D eigenvalue weighted by molar-refractivity contribution is 5.89. The van der Waals surface area contributed by atoms with Crippen LogP contribution in [0.2, 0.25) is 0 Å². The molecule has 1 aromatic carbocycles. The molecule has 4 aliphatic heterocycles. The van der Waals surface area contributed by atoms with Crippen molar-refractivity contribution in [2.75, 3.05) is 13.2 Å². The molecule has 0 spiro atoms. The summed E-state index contributed by atoms with van der Waals surface area (Å²) in [6, 6.07) is 10.2. The molecular weight excluding hydrogens is 478 g/mol. The summed E-state index contributed by atoms with van der Waals surface area (Å²) in [5, 5.41) is 62.2. The standard InChI is InChI=1S/C24H27NO11/c1-20-9-22(31)14-7-23(20,34-19-17(29)16(28)15(27)13(8-26)33-19)21(14,24(10-25,35-20)36-22)11-32-18(30)12-5-3-2-4-6-12/h2-6,13-17,19,26-29,31H,7-9,11H2,1H3/t13?,14-,15?,16?,17?,19?,20-,21+,22+,23+,24?/m0/s1. The van der Waals surface area contributed by atoms with Gasteiger partial charge in [0.2, 0.25) is 0 Å². The number of ether oxygens (including phenoxy) is 5. The second-order valence-corrected chi connectivity index (χ2v) is 10.5. The first kappa shape index (κ1) is 24.2. The summed E-state index contributed by atoms with van der Waals surface area (Å²) in [7, 11) is 0. The minimum absolute atomic E-state index is 0.0695. The van der Waals surface area contributed by atoms with Crippen LogP contribution in [0.15, 0.2) is 30.3 Å². The number of hydrogen-bond acceptors (Lipinski definition) is 12. The Kier molecular flexibility index (Phi) is 5.00. The normalized spacial score (nSPS) is 52.0. The second kappa shape index (κ2) is 7.44. The van der Waals surface area contributed by atoms with Crippen molar-refractivity contribution in [3.8, 4) is 6.07 Å². The van der Waals surface area contributed by atoms with Crippen LogP contribution in [0.1, 0.15) is 30.1 Å². The number of benzene rings is 1. The largest absolute Gasteiger partial charge is 0.461 e. The van der Waals surface area contributed by atoms with E-state index in [1.54, 1.807) is 37.3 Å². The lowest BCUT2D eigenvalue weighted by Crippen LogP contribution is -2.81. The van der Waals surface area contributed by atoms with Crippen LogP contribution >= 0.6 is 0 Å². The van der Waals surface area contributed by atoms with Crippen LogP contribution in [-0.2, 0) is 23.7 Å². The lowest BCUT2D eigenvalue weighted by atomic mass is 9.39. The molecular formula is C24H27NO11. The summed E-state index contributed by atoms with van der Waals surface area (Å²) in [4.78, 5) is 12.8. The van der Waals surface area contributed by atoms with E-state index in [9.17, 15) is 35.6 Å². The van der Waals surface area contributed by atoms with E-state index >= 15 is 0 Å². The number of esters is 1. The van der Waals surface area contributed by atoms with Gasteiger partial charge >= 0.3 is 5.97 Å². The molecule has 0 amide bonds. The Balaban J connectivity index is 1.38. The van der Waals surface area contributed by atoms with Gasteiger partial charge in [0, 0.05) is 12.3 Å². The summed E-state index contributed by atoms with van der Waals surface area (Å²) >= 11 is 0. The van der Waals surface area contributed by atoms with Gasteiger partial charge in [-0.15, -0.1) is 0 Å². The van der Waals surface area contributed by atoms with E-state index in [2.05, 4.69) is 0 Å². The van der Waals surface area contributed by atoms with Gasteiger partial charge in [-0.2, -0.15) is 5.26 Å². The Morgan fingerprint density at radius 1 is 1.17 bits per heavy atom. The molecule has 12 heteroatoms. The molecule has 7 fully saturated rings. The van der Waals surface area contributed by atoms with Crippen LogP contribution in [-0.4, -0.2) is 98.2 Å². The monoisotopic (exact) mass is 505 g/mol. The van der Waals surface area contributed by atoms with Crippen LogP contribution in [0.3, 0.4) is 0 Å². The molecule has 11 atom stereocenters. The molecule has 1 aromatic rings.